The molecule has 0 radical (unpaired) electrons. The molecule has 1 atom stereocenters. The number of anilines is 2. The Morgan fingerprint density at radius 1 is 1.33 bits per heavy atom. The number of piperidine rings is 1. The van der Waals surface area contributed by atoms with E-state index in [2.05, 4.69) is 15.4 Å². The van der Waals surface area contributed by atoms with E-state index in [1.54, 1.807) is 0 Å². The Morgan fingerprint density at radius 3 is 2.67 bits per heavy atom. The smallest absolute Gasteiger partial charge is 0.249 e. The molecule has 9 heteroatoms. The number of amides is 2. The summed E-state index contributed by atoms with van der Waals surface area (Å²) in [5.74, 6) is -0.773. The van der Waals surface area contributed by atoms with Crippen molar-refractivity contribution in [3.63, 3.8) is 0 Å². The largest absolute Gasteiger partial charge is 0.397 e. The van der Waals surface area contributed by atoms with E-state index in [4.69, 9.17) is 5.73 Å². The van der Waals surface area contributed by atoms with Crippen molar-refractivity contribution in [3.05, 3.63) is 18.2 Å². The first-order chi connectivity index (χ1) is 9.83. The van der Waals surface area contributed by atoms with E-state index >= 15 is 0 Å². The fourth-order valence-corrected chi connectivity index (χ4v) is 2.72. The molecule has 1 aliphatic rings. The van der Waals surface area contributed by atoms with Gasteiger partial charge in [0.25, 0.3) is 0 Å². The van der Waals surface area contributed by atoms with E-state index in [0.29, 0.717) is 17.8 Å². The number of hydrogen-bond acceptors (Lipinski definition) is 6. The Morgan fingerprint density at radius 2 is 2.05 bits per heavy atom. The molecular weight excluding hydrogens is 296 g/mol. The van der Waals surface area contributed by atoms with Gasteiger partial charge in [0.2, 0.25) is 21.8 Å². The number of sulfonamides is 1. The molecule has 2 amide bonds. The number of hydrogen-bond donors (Lipinski definition) is 4. The van der Waals surface area contributed by atoms with Crippen molar-refractivity contribution in [2.45, 2.75) is 23.8 Å². The molecule has 21 heavy (non-hydrogen) atoms. The molecule has 0 saturated carbocycles. The van der Waals surface area contributed by atoms with Crippen LogP contribution in [0.2, 0.25) is 0 Å². The lowest BCUT2D eigenvalue weighted by atomic mass is 10.1. The molecule has 0 aliphatic carbocycles. The van der Waals surface area contributed by atoms with Gasteiger partial charge in [-0.05, 0) is 31.7 Å². The number of nitrogens with two attached hydrogens (primary N) is 1. The van der Waals surface area contributed by atoms with Crippen LogP contribution < -0.4 is 21.1 Å². The molecule has 5 N–H and O–H groups in total. The summed E-state index contributed by atoms with van der Waals surface area (Å²) < 4.78 is 25.7. The van der Waals surface area contributed by atoms with Gasteiger partial charge in [-0.1, -0.05) is 0 Å². The van der Waals surface area contributed by atoms with Gasteiger partial charge in [0.1, 0.15) is 6.04 Å². The summed E-state index contributed by atoms with van der Waals surface area (Å²) in [5, 5.41) is 5.09. The SMILES string of the molecule is CNS(=O)(=O)c1ccc(N)c(NC2CCC(=O)NC2=O)c1. The Kier molecular flexibility index (Phi) is 4.14. The van der Waals surface area contributed by atoms with Gasteiger partial charge in [-0.3, -0.25) is 14.9 Å². The van der Waals surface area contributed by atoms with E-state index in [9.17, 15) is 18.0 Å². The number of rotatable bonds is 4. The van der Waals surface area contributed by atoms with E-state index in [0.717, 1.165) is 0 Å². The molecule has 114 valence electrons. The topological polar surface area (TPSA) is 130 Å². The quantitative estimate of drug-likeness (QED) is 0.433. The summed E-state index contributed by atoms with van der Waals surface area (Å²) in [6.07, 6.45) is 0.547. The number of benzene rings is 1. The van der Waals surface area contributed by atoms with Crippen molar-refractivity contribution in [1.82, 2.24) is 10.0 Å². The number of nitrogens with one attached hydrogen (secondary N) is 3. The maximum absolute atomic E-state index is 11.8. The molecule has 0 spiro atoms. The molecule has 1 saturated heterocycles. The summed E-state index contributed by atoms with van der Waals surface area (Å²) in [6, 6.07) is 3.54. The van der Waals surface area contributed by atoms with E-state index in [1.807, 2.05) is 0 Å². The summed E-state index contributed by atoms with van der Waals surface area (Å²) >= 11 is 0. The number of nitrogen functional groups attached to an aromatic ring is 1. The highest BCUT2D eigenvalue weighted by Crippen LogP contribution is 2.24. The van der Waals surface area contributed by atoms with Gasteiger partial charge in [-0.2, -0.15) is 0 Å². The predicted molar refractivity (Wildman–Crippen MR) is 76.9 cm³/mol. The molecular formula is C12H16N4O4S. The lowest BCUT2D eigenvalue weighted by molar-refractivity contribution is -0.133. The van der Waals surface area contributed by atoms with E-state index < -0.39 is 22.0 Å². The van der Waals surface area contributed by atoms with Crippen molar-refractivity contribution in [3.8, 4) is 0 Å². The third-order valence-corrected chi connectivity index (χ3v) is 4.58. The molecule has 1 aromatic carbocycles. The monoisotopic (exact) mass is 312 g/mol. The molecule has 1 fully saturated rings. The average Bonchev–Trinajstić information content (AvgIpc) is 2.43. The van der Waals surface area contributed by atoms with Crippen LogP contribution >= 0.6 is 0 Å². The van der Waals surface area contributed by atoms with Gasteiger partial charge in [0.15, 0.2) is 0 Å². The van der Waals surface area contributed by atoms with Crippen molar-refractivity contribution in [2.75, 3.05) is 18.1 Å². The maximum Gasteiger partial charge on any atom is 0.249 e. The van der Waals surface area contributed by atoms with Crippen LogP contribution in [0.15, 0.2) is 23.1 Å². The predicted octanol–water partition coefficient (Wildman–Crippen LogP) is -0.606. The Balaban J connectivity index is 2.26. The lowest BCUT2D eigenvalue weighted by Crippen LogP contribution is -2.47. The summed E-state index contributed by atoms with van der Waals surface area (Å²) in [5.41, 5.74) is 6.44. The minimum atomic E-state index is -3.60. The van der Waals surface area contributed by atoms with Crippen molar-refractivity contribution in [1.29, 1.82) is 0 Å². The molecule has 0 aromatic heterocycles. The van der Waals surface area contributed by atoms with Crippen LogP contribution in [-0.4, -0.2) is 33.3 Å². The van der Waals surface area contributed by atoms with Gasteiger partial charge in [-0.15, -0.1) is 0 Å². The summed E-state index contributed by atoms with van der Waals surface area (Å²) in [7, 11) is -2.30. The normalized spacial score (nSPS) is 19.2. The van der Waals surface area contributed by atoms with E-state index in [1.165, 1.54) is 25.2 Å². The van der Waals surface area contributed by atoms with Crippen molar-refractivity contribution in [2.24, 2.45) is 0 Å². The van der Waals surface area contributed by atoms with Crippen LogP contribution in [0.1, 0.15) is 12.8 Å². The fourth-order valence-electron chi connectivity index (χ4n) is 1.96. The highest BCUT2D eigenvalue weighted by molar-refractivity contribution is 7.89. The molecule has 1 heterocycles. The maximum atomic E-state index is 11.8. The third kappa shape index (κ3) is 3.31. The van der Waals surface area contributed by atoms with Crippen LogP contribution in [0.4, 0.5) is 11.4 Å². The molecule has 1 aromatic rings. The van der Waals surface area contributed by atoms with Crippen LogP contribution in [0.25, 0.3) is 0 Å². The van der Waals surface area contributed by atoms with Gasteiger partial charge in [-0.25, -0.2) is 13.1 Å². The minimum Gasteiger partial charge on any atom is -0.397 e. The molecule has 0 bridgehead atoms. The average molecular weight is 312 g/mol. The minimum absolute atomic E-state index is 0.0361. The number of carbonyl (C=O) groups is 2. The number of imide groups is 1. The standard InChI is InChI=1S/C12H16N4O4S/c1-14-21(19,20)7-2-3-8(13)10(6-7)15-9-4-5-11(17)16-12(9)18/h2-3,6,9,14-15H,4-5,13H2,1H3,(H,16,17,18). The first-order valence-electron chi connectivity index (χ1n) is 6.27. The second-order valence-electron chi connectivity index (χ2n) is 4.60. The van der Waals surface area contributed by atoms with Gasteiger partial charge < -0.3 is 11.1 Å². The third-order valence-electron chi connectivity index (χ3n) is 3.17. The van der Waals surface area contributed by atoms with Gasteiger partial charge in [0, 0.05) is 6.42 Å². The van der Waals surface area contributed by atoms with Crippen LogP contribution in [-0.2, 0) is 19.6 Å². The zero-order valence-corrected chi connectivity index (χ0v) is 12.2. The second kappa shape index (κ2) is 5.70. The molecule has 2 rings (SSSR count). The summed E-state index contributed by atoms with van der Waals surface area (Å²) in [6.45, 7) is 0. The van der Waals surface area contributed by atoms with Crippen LogP contribution in [0.5, 0.6) is 0 Å². The highest BCUT2D eigenvalue weighted by atomic mass is 32.2. The van der Waals surface area contributed by atoms with Crippen LogP contribution in [0, 0.1) is 0 Å². The lowest BCUT2D eigenvalue weighted by Gasteiger charge is -2.23. The van der Waals surface area contributed by atoms with Crippen molar-refractivity contribution >= 4 is 33.2 Å². The Bertz CT molecular complexity index is 686. The second-order valence-corrected chi connectivity index (χ2v) is 6.49. The first kappa shape index (κ1) is 15.3. The molecule has 1 aliphatic heterocycles. The summed E-state index contributed by atoms with van der Waals surface area (Å²) in [4.78, 5) is 22.8. The van der Waals surface area contributed by atoms with Crippen molar-refractivity contribution < 1.29 is 18.0 Å². The van der Waals surface area contributed by atoms with Gasteiger partial charge >= 0.3 is 0 Å². The Labute approximate surface area is 122 Å². The van der Waals surface area contributed by atoms with Gasteiger partial charge in [0.05, 0.1) is 16.3 Å². The van der Waals surface area contributed by atoms with Crippen LogP contribution in [0.3, 0.4) is 0 Å². The number of carbonyl (C=O) groups excluding carboxylic acids is 2. The molecule has 1 unspecified atom stereocenters. The molecule has 8 nitrogen and oxygen atoms in total. The Hall–Kier alpha value is -2.13. The zero-order chi connectivity index (χ0) is 15.6. The fraction of sp³-hybridized carbons (Fsp3) is 0.333. The highest BCUT2D eigenvalue weighted by Gasteiger charge is 2.27. The first-order valence-corrected chi connectivity index (χ1v) is 7.75. The van der Waals surface area contributed by atoms with E-state index in [-0.39, 0.29) is 17.2 Å². The zero-order valence-electron chi connectivity index (χ0n) is 11.3.